The van der Waals surface area contributed by atoms with Crippen molar-refractivity contribution in [2.45, 2.75) is 25.8 Å². The summed E-state index contributed by atoms with van der Waals surface area (Å²) in [7, 11) is 1.81. The lowest BCUT2D eigenvalue weighted by Gasteiger charge is -2.15. The van der Waals surface area contributed by atoms with Gasteiger partial charge in [-0.1, -0.05) is 30.3 Å². The molecule has 0 N–H and O–H groups in total. The standard InChI is InChI=1S/C16H18BrNO2/c1-18(12-14-10-11-15(17)20-14)16(19)9-5-8-13-6-3-2-4-7-13/h2-4,6-7,10-11H,5,8-9,12H2,1H3. The van der Waals surface area contributed by atoms with Gasteiger partial charge in [-0.3, -0.25) is 4.79 Å². The third-order valence-corrected chi connectivity index (χ3v) is 3.57. The molecule has 106 valence electrons. The number of furan rings is 1. The van der Waals surface area contributed by atoms with Crippen molar-refractivity contribution in [2.75, 3.05) is 7.05 Å². The summed E-state index contributed by atoms with van der Waals surface area (Å²) in [6, 6.07) is 13.9. The maximum Gasteiger partial charge on any atom is 0.222 e. The normalized spacial score (nSPS) is 10.5. The Balaban J connectivity index is 1.74. The van der Waals surface area contributed by atoms with Gasteiger partial charge in [0.15, 0.2) is 4.67 Å². The average molecular weight is 336 g/mol. The van der Waals surface area contributed by atoms with Crippen LogP contribution in [0.5, 0.6) is 0 Å². The number of hydrogen-bond donors (Lipinski definition) is 0. The van der Waals surface area contributed by atoms with Gasteiger partial charge in [-0.05, 0) is 46.5 Å². The quantitative estimate of drug-likeness (QED) is 0.798. The molecule has 3 nitrogen and oxygen atoms in total. The number of benzene rings is 1. The second-order valence-corrected chi connectivity index (χ2v) is 5.58. The number of carbonyl (C=O) groups excluding carboxylic acids is 1. The van der Waals surface area contributed by atoms with Crippen molar-refractivity contribution in [1.82, 2.24) is 4.90 Å². The van der Waals surface area contributed by atoms with Gasteiger partial charge in [0.05, 0.1) is 6.54 Å². The molecule has 0 bridgehead atoms. The topological polar surface area (TPSA) is 33.5 Å². The van der Waals surface area contributed by atoms with Gasteiger partial charge < -0.3 is 9.32 Å². The Morgan fingerprint density at radius 3 is 2.60 bits per heavy atom. The van der Waals surface area contributed by atoms with Crippen LogP contribution in [0.3, 0.4) is 0 Å². The van der Waals surface area contributed by atoms with E-state index in [0.29, 0.717) is 17.6 Å². The van der Waals surface area contributed by atoms with Crippen LogP contribution < -0.4 is 0 Å². The lowest BCUT2D eigenvalue weighted by atomic mass is 10.1. The third-order valence-electron chi connectivity index (χ3n) is 3.15. The molecule has 1 amide bonds. The third kappa shape index (κ3) is 4.53. The van der Waals surface area contributed by atoms with Crippen molar-refractivity contribution in [3.05, 3.63) is 58.5 Å². The van der Waals surface area contributed by atoms with Gasteiger partial charge >= 0.3 is 0 Å². The minimum atomic E-state index is 0.147. The molecule has 20 heavy (non-hydrogen) atoms. The van der Waals surface area contributed by atoms with Crippen LogP contribution in [0.4, 0.5) is 0 Å². The molecular formula is C16H18BrNO2. The van der Waals surface area contributed by atoms with Gasteiger partial charge in [-0.25, -0.2) is 0 Å². The Hall–Kier alpha value is -1.55. The predicted molar refractivity (Wildman–Crippen MR) is 82.3 cm³/mol. The van der Waals surface area contributed by atoms with E-state index in [1.807, 2.05) is 30.3 Å². The molecule has 4 heteroatoms. The number of nitrogens with zero attached hydrogens (tertiary/aromatic N) is 1. The number of halogens is 1. The van der Waals surface area contributed by atoms with Gasteiger partial charge in [0.2, 0.25) is 5.91 Å². The molecule has 0 fully saturated rings. The molecule has 0 aliphatic carbocycles. The van der Waals surface area contributed by atoms with Crippen LogP contribution in [-0.2, 0) is 17.8 Å². The summed E-state index contributed by atoms with van der Waals surface area (Å²) < 4.78 is 6.09. The minimum absolute atomic E-state index is 0.147. The zero-order chi connectivity index (χ0) is 14.4. The fraction of sp³-hybridized carbons (Fsp3) is 0.312. The molecule has 0 aliphatic rings. The molecule has 2 aromatic rings. The van der Waals surface area contributed by atoms with Crippen molar-refractivity contribution >= 4 is 21.8 Å². The Morgan fingerprint density at radius 2 is 1.95 bits per heavy atom. The smallest absolute Gasteiger partial charge is 0.222 e. The predicted octanol–water partition coefficient (Wildman–Crippen LogP) is 4.02. The Bertz CT molecular complexity index is 551. The number of amides is 1. The van der Waals surface area contributed by atoms with Crippen molar-refractivity contribution < 1.29 is 9.21 Å². The largest absolute Gasteiger partial charge is 0.452 e. The van der Waals surface area contributed by atoms with E-state index in [2.05, 4.69) is 28.1 Å². The van der Waals surface area contributed by atoms with E-state index in [9.17, 15) is 4.79 Å². The summed E-state index contributed by atoms with van der Waals surface area (Å²) in [5.74, 6) is 0.934. The van der Waals surface area contributed by atoms with Crippen molar-refractivity contribution in [1.29, 1.82) is 0 Å². The SMILES string of the molecule is CN(Cc1ccc(Br)o1)C(=O)CCCc1ccccc1. The summed E-state index contributed by atoms with van der Waals surface area (Å²) in [5.41, 5.74) is 1.28. The molecule has 2 rings (SSSR count). The van der Waals surface area contributed by atoms with Gasteiger partial charge in [0, 0.05) is 13.5 Å². The zero-order valence-corrected chi connectivity index (χ0v) is 13.1. The molecule has 1 heterocycles. The van der Waals surface area contributed by atoms with Crippen LogP contribution in [0, 0.1) is 0 Å². The minimum Gasteiger partial charge on any atom is -0.452 e. The molecule has 0 atom stereocenters. The van der Waals surface area contributed by atoms with E-state index < -0.39 is 0 Å². The zero-order valence-electron chi connectivity index (χ0n) is 11.5. The first kappa shape index (κ1) is 14.9. The highest BCUT2D eigenvalue weighted by Gasteiger charge is 2.11. The fourth-order valence-corrected chi connectivity index (χ4v) is 2.38. The van der Waals surface area contributed by atoms with Gasteiger partial charge in [-0.2, -0.15) is 0 Å². The lowest BCUT2D eigenvalue weighted by molar-refractivity contribution is -0.130. The molecule has 0 unspecified atom stereocenters. The molecule has 0 spiro atoms. The number of carbonyl (C=O) groups is 1. The van der Waals surface area contributed by atoms with Crippen molar-refractivity contribution in [3.63, 3.8) is 0 Å². The van der Waals surface area contributed by atoms with E-state index in [0.717, 1.165) is 18.6 Å². The summed E-state index contributed by atoms with van der Waals surface area (Å²) in [4.78, 5) is 13.7. The van der Waals surface area contributed by atoms with E-state index >= 15 is 0 Å². The van der Waals surface area contributed by atoms with E-state index in [4.69, 9.17) is 4.42 Å². The molecule has 0 saturated carbocycles. The average Bonchev–Trinajstić information content (AvgIpc) is 2.85. The molecular weight excluding hydrogens is 318 g/mol. The van der Waals surface area contributed by atoms with Gasteiger partial charge in [0.25, 0.3) is 0 Å². The first-order chi connectivity index (χ1) is 9.65. The van der Waals surface area contributed by atoms with Crippen LogP contribution in [0.25, 0.3) is 0 Å². The summed E-state index contributed by atoms with van der Waals surface area (Å²) in [6.45, 7) is 0.510. The number of hydrogen-bond acceptors (Lipinski definition) is 2. The Morgan fingerprint density at radius 1 is 1.20 bits per heavy atom. The molecule has 0 radical (unpaired) electrons. The monoisotopic (exact) mass is 335 g/mol. The highest BCUT2D eigenvalue weighted by molar-refractivity contribution is 9.10. The van der Waals surface area contributed by atoms with Crippen LogP contribution >= 0.6 is 15.9 Å². The van der Waals surface area contributed by atoms with Crippen molar-refractivity contribution in [2.24, 2.45) is 0 Å². The van der Waals surface area contributed by atoms with E-state index in [-0.39, 0.29) is 5.91 Å². The number of aryl methyl sites for hydroxylation is 1. The van der Waals surface area contributed by atoms with E-state index in [1.54, 1.807) is 11.9 Å². The second kappa shape index (κ2) is 7.29. The van der Waals surface area contributed by atoms with Crippen LogP contribution in [-0.4, -0.2) is 17.9 Å². The molecule has 0 saturated heterocycles. The lowest BCUT2D eigenvalue weighted by Crippen LogP contribution is -2.25. The van der Waals surface area contributed by atoms with Gasteiger partial charge in [-0.15, -0.1) is 0 Å². The van der Waals surface area contributed by atoms with Gasteiger partial charge in [0.1, 0.15) is 5.76 Å². The summed E-state index contributed by atoms with van der Waals surface area (Å²) >= 11 is 3.26. The van der Waals surface area contributed by atoms with Crippen LogP contribution in [0.1, 0.15) is 24.2 Å². The summed E-state index contributed by atoms with van der Waals surface area (Å²) in [5, 5.41) is 0. The highest BCUT2D eigenvalue weighted by Crippen LogP contribution is 2.15. The Kier molecular flexibility index (Phi) is 5.41. The number of rotatable bonds is 6. The fourth-order valence-electron chi connectivity index (χ4n) is 2.04. The van der Waals surface area contributed by atoms with Crippen LogP contribution in [0.15, 0.2) is 51.6 Å². The molecule has 0 aliphatic heterocycles. The Labute approximate surface area is 127 Å². The van der Waals surface area contributed by atoms with Crippen LogP contribution in [0.2, 0.25) is 0 Å². The first-order valence-corrected chi connectivity index (χ1v) is 7.46. The maximum atomic E-state index is 12.0. The van der Waals surface area contributed by atoms with E-state index in [1.165, 1.54) is 5.56 Å². The molecule has 1 aromatic heterocycles. The maximum absolute atomic E-state index is 12.0. The first-order valence-electron chi connectivity index (χ1n) is 6.67. The summed E-state index contributed by atoms with van der Waals surface area (Å²) in [6.07, 6.45) is 2.37. The van der Waals surface area contributed by atoms with Crippen molar-refractivity contribution in [3.8, 4) is 0 Å². The molecule has 1 aromatic carbocycles. The highest BCUT2D eigenvalue weighted by atomic mass is 79.9. The second-order valence-electron chi connectivity index (χ2n) is 4.79.